The Bertz CT molecular complexity index is 908. The molecule has 3 rings (SSSR count). The second kappa shape index (κ2) is 9.02. The van der Waals surface area contributed by atoms with E-state index in [2.05, 4.69) is 11.9 Å². The van der Waals surface area contributed by atoms with Crippen LogP contribution in [0.25, 0.3) is 21.9 Å². The van der Waals surface area contributed by atoms with Gasteiger partial charge in [-0.15, -0.1) is 0 Å². The summed E-state index contributed by atoms with van der Waals surface area (Å²) in [5.41, 5.74) is 2.59. The molecule has 3 aromatic rings. The zero-order valence-electron chi connectivity index (χ0n) is 16.1. The number of nitrogens with zero attached hydrogens (tertiary/aromatic N) is 2. The third-order valence-corrected chi connectivity index (χ3v) is 5.28. The van der Waals surface area contributed by atoms with Crippen molar-refractivity contribution in [2.45, 2.75) is 71.1 Å². The van der Waals surface area contributed by atoms with E-state index >= 15 is 0 Å². The molecule has 0 atom stereocenters. The van der Waals surface area contributed by atoms with Crippen LogP contribution in [-0.2, 0) is 13.5 Å². The number of unbranched alkanes of at least 4 members (excludes halogenated alkanes) is 8. The van der Waals surface area contributed by atoms with Gasteiger partial charge in [-0.3, -0.25) is 9.55 Å². The largest absolute Gasteiger partial charge is 0.419 e. The number of rotatable bonds is 10. The number of pyridine rings is 1. The number of benzene rings is 1. The Balaban J connectivity index is 1.57. The van der Waals surface area contributed by atoms with Crippen LogP contribution in [0.3, 0.4) is 0 Å². The van der Waals surface area contributed by atoms with Crippen LogP contribution >= 0.6 is 0 Å². The zero-order valence-corrected chi connectivity index (χ0v) is 16.1. The Morgan fingerprint density at radius 3 is 2.42 bits per heavy atom. The number of hydrogen-bond donors (Lipinski definition) is 0. The van der Waals surface area contributed by atoms with Crippen molar-refractivity contribution in [3.8, 4) is 0 Å². The summed E-state index contributed by atoms with van der Waals surface area (Å²) in [7, 11) is 1.74. The van der Waals surface area contributed by atoms with Crippen LogP contribution in [0.15, 0.2) is 33.6 Å². The monoisotopic (exact) mass is 354 g/mol. The Morgan fingerprint density at radius 2 is 1.69 bits per heavy atom. The molecule has 0 aliphatic heterocycles. The Labute approximate surface area is 155 Å². The lowest BCUT2D eigenvalue weighted by molar-refractivity contribution is 0.528. The van der Waals surface area contributed by atoms with E-state index < -0.39 is 0 Å². The SMILES string of the molecule is CCCCCCCCCCCc1nccc2cc3c(cc12)oc(=O)n3C. The lowest BCUT2D eigenvalue weighted by Crippen LogP contribution is -2.08. The van der Waals surface area contributed by atoms with Crippen LogP contribution in [0.2, 0.25) is 0 Å². The number of aryl methyl sites for hydroxylation is 2. The van der Waals surface area contributed by atoms with Gasteiger partial charge in [-0.25, -0.2) is 4.79 Å². The zero-order chi connectivity index (χ0) is 18.4. The van der Waals surface area contributed by atoms with Gasteiger partial charge in [0.1, 0.15) is 0 Å². The van der Waals surface area contributed by atoms with Crippen LogP contribution in [0, 0.1) is 0 Å². The van der Waals surface area contributed by atoms with Crippen molar-refractivity contribution in [3.63, 3.8) is 0 Å². The Kier molecular flexibility index (Phi) is 6.48. The number of hydrogen-bond acceptors (Lipinski definition) is 3. The highest BCUT2D eigenvalue weighted by atomic mass is 16.4. The Hall–Kier alpha value is -2.10. The Morgan fingerprint density at radius 1 is 1.00 bits per heavy atom. The van der Waals surface area contributed by atoms with E-state index in [1.807, 2.05) is 24.4 Å². The molecule has 0 bridgehead atoms. The summed E-state index contributed by atoms with van der Waals surface area (Å²) in [5.74, 6) is -0.316. The van der Waals surface area contributed by atoms with Crippen LogP contribution in [0.5, 0.6) is 0 Å². The molecule has 4 heteroatoms. The van der Waals surface area contributed by atoms with Gasteiger partial charge in [0.05, 0.1) is 5.52 Å². The molecule has 0 unspecified atom stereocenters. The molecule has 0 spiro atoms. The van der Waals surface area contributed by atoms with Gasteiger partial charge in [-0.05, 0) is 36.4 Å². The predicted octanol–water partition coefficient (Wildman–Crippen LogP) is 5.75. The number of aromatic nitrogens is 2. The highest BCUT2D eigenvalue weighted by Gasteiger charge is 2.10. The summed E-state index contributed by atoms with van der Waals surface area (Å²) < 4.78 is 6.89. The first-order chi connectivity index (χ1) is 12.7. The van der Waals surface area contributed by atoms with Crippen molar-refractivity contribution in [3.05, 3.63) is 40.6 Å². The van der Waals surface area contributed by atoms with Crippen LogP contribution in [0.1, 0.15) is 70.4 Å². The van der Waals surface area contributed by atoms with Crippen molar-refractivity contribution < 1.29 is 4.42 Å². The number of oxazole rings is 1. The van der Waals surface area contributed by atoms with Gasteiger partial charge in [0.25, 0.3) is 0 Å². The van der Waals surface area contributed by atoms with Gasteiger partial charge >= 0.3 is 5.76 Å². The lowest BCUT2D eigenvalue weighted by Gasteiger charge is -2.06. The highest BCUT2D eigenvalue weighted by molar-refractivity contribution is 5.95. The maximum Gasteiger partial charge on any atom is 0.419 e. The van der Waals surface area contributed by atoms with Gasteiger partial charge in [-0.1, -0.05) is 58.3 Å². The minimum atomic E-state index is -0.316. The van der Waals surface area contributed by atoms with E-state index in [4.69, 9.17) is 4.42 Å². The molecule has 26 heavy (non-hydrogen) atoms. The molecule has 2 heterocycles. The van der Waals surface area contributed by atoms with Gasteiger partial charge in [0.2, 0.25) is 0 Å². The maximum absolute atomic E-state index is 11.7. The summed E-state index contributed by atoms with van der Waals surface area (Å²) in [4.78, 5) is 16.3. The molecule has 140 valence electrons. The summed E-state index contributed by atoms with van der Waals surface area (Å²) in [6.45, 7) is 2.26. The molecule has 0 fully saturated rings. The summed E-state index contributed by atoms with van der Waals surface area (Å²) in [6, 6.07) is 6.01. The van der Waals surface area contributed by atoms with Crippen LogP contribution in [-0.4, -0.2) is 9.55 Å². The third-order valence-electron chi connectivity index (χ3n) is 5.28. The van der Waals surface area contributed by atoms with Gasteiger partial charge in [-0.2, -0.15) is 0 Å². The average Bonchev–Trinajstić information content (AvgIpc) is 2.92. The highest BCUT2D eigenvalue weighted by Crippen LogP contribution is 2.25. The predicted molar refractivity (Wildman–Crippen MR) is 108 cm³/mol. The average molecular weight is 354 g/mol. The first kappa shape index (κ1) is 18.7. The van der Waals surface area contributed by atoms with Crippen molar-refractivity contribution in [2.75, 3.05) is 0 Å². The molecule has 0 saturated carbocycles. The molecule has 4 nitrogen and oxygen atoms in total. The van der Waals surface area contributed by atoms with E-state index in [0.717, 1.165) is 34.8 Å². The van der Waals surface area contributed by atoms with Gasteiger partial charge < -0.3 is 4.42 Å². The fraction of sp³-hybridized carbons (Fsp3) is 0.545. The first-order valence-corrected chi connectivity index (χ1v) is 10.1. The first-order valence-electron chi connectivity index (χ1n) is 10.1. The van der Waals surface area contributed by atoms with Gasteiger partial charge in [0.15, 0.2) is 5.58 Å². The van der Waals surface area contributed by atoms with E-state index in [1.54, 1.807) is 11.6 Å². The molecule has 0 N–H and O–H groups in total. The molecular formula is C22H30N2O2. The van der Waals surface area contributed by atoms with Crippen molar-refractivity contribution >= 4 is 21.9 Å². The molecule has 0 saturated heterocycles. The van der Waals surface area contributed by atoms with Gasteiger partial charge in [0, 0.05) is 24.3 Å². The third kappa shape index (κ3) is 4.35. The van der Waals surface area contributed by atoms with Crippen molar-refractivity contribution in [2.24, 2.45) is 7.05 Å². The van der Waals surface area contributed by atoms with E-state index in [1.165, 1.54) is 51.4 Å². The molecule has 0 aliphatic carbocycles. The van der Waals surface area contributed by atoms with E-state index in [9.17, 15) is 4.79 Å². The summed E-state index contributed by atoms with van der Waals surface area (Å²) in [5, 5.41) is 2.23. The molecule has 1 aromatic carbocycles. The van der Waals surface area contributed by atoms with Crippen molar-refractivity contribution in [1.29, 1.82) is 0 Å². The van der Waals surface area contributed by atoms with Crippen LogP contribution < -0.4 is 5.76 Å². The molecule has 0 amide bonds. The normalized spacial score (nSPS) is 11.6. The molecular weight excluding hydrogens is 324 g/mol. The topological polar surface area (TPSA) is 48.0 Å². The standard InChI is InChI=1S/C22H30N2O2/c1-3-4-5-6-7-8-9-10-11-12-19-18-16-21-20(24(2)22(25)26-21)15-17(18)13-14-23-19/h13-16H,3-12H2,1-2H3. The lowest BCUT2D eigenvalue weighted by atomic mass is 10.0. The minimum absolute atomic E-state index is 0.316. The van der Waals surface area contributed by atoms with Crippen molar-refractivity contribution in [1.82, 2.24) is 9.55 Å². The minimum Gasteiger partial charge on any atom is -0.408 e. The maximum atomic E-state index is 11.7. The molecule has 0 radical (unpaired) electrons. The fourth-order valence-corrected chi connectivity index (χ4v) is 3.66. The second-order valence-electron chi connectivity index (χ2n) is 7.30. The summed E-state index contributed by atoms with van der Waals surface area (Å²) >= 11 is 0. The second-order valence-corrected chi connectivity index (χ2v) is 7.30. The molecule has 0 aliphatic rings. The fourth-order valence-electron chi connectivity index (χ4n) is 3.66. The van der Waals surface area contributed by atoms with Crippen LogP contribution in [0.4, 0.5) is 0 Å². The quantitative estimate of drug-likeness (QED) is 0.435. The van der Waals surface area contributed by atoms with E-state index in [0.29, 0.717) is 5.58 Å². The summed E-state index contributed by atoms with van der Waals surface area (Å²) in [6.07, 6.45) is 14.8. The smallest absolute Gasteiger partial charge is 0.408 e. The van der Waals surface area contributed by atoms with E-state index in [-0.39, 0.29) is 5.76 Å². The molecule has 2 aromatic heterocycles. The number of fused-ring (bicyclic) bond motifs is 2.